The molecule has 0 aromatic carbocycles. The van der Waals surface area contributed by atoms with Crippen molar-refractivity contribution >= 4 is 27.7 Å². The third kappa shape index (κ3) is 2.73. The van der Waals surface area contributed by atoms with E-state index in [1.807, 2.05) is 0 Å². The van der Waals surface area contributed by atoms with E-state index in [0.29, 0.717) is 12.0 Å². The number of hydrogen-bond acceptors (Lipinski definition) is 6. The maximum Gasteiger partial charge on any atom is 0.239 e. The first-order valence-corrected chi connectivity index (χ1v) is 6.89. The van der Waals surface area contributed by atoms with Gasteiger partial charge >= 0.3 is 0 Å². The summed E-state index contributed by atoms with van der Waals surface area (Å²) in [7, 11) is 2.17. The van der Waals surface area contributed by atoms with Gasteiger partial charge in [0.2, 0.25) is 5.95 Å². The molecule has 1 aromatic heterocycles. The minimum atomic E-state index is 0.445. The molecule has 0 saturated carbocycles. The summed E-state index contributed by atoms with van der Waals surface area (Å²) in [6, 6.07) is 0.565. The zero-order chi connectivity index (χ0) is 13.1. The van der Waals surface area contributed by atoms with Crippen molar-refractivity contribution in [2.45, 2.75) is 19.4 Å². The third-order valence-electron chi connectivity index (χ3n) is 3.40. The van der Waals surface area contributed by atoms with Gasteiger partial charge < -0.3 is 4.90 Å². The quantitative estimate of drug-likeness (QED) is 0.642. The number of hydrazine groups is 1. The van der Waals surface area contributed by atoms with Crippen LogP contribution in [0.1, 0.15) is 13.3 Å². The normalized spacial score (nSPS) is 21.1. The summed E-state index contributed by atoms with van der Waals surface area (Å²) in [6.45, 7) is 5.20. The number of nitrogens with zero attached hydrogens (tertiary/aromatic N) is 4. The van der Waals surface area contributed by atoms with Crippen LogP contribution in [0.2, 0.25) is 0 Å². The number of halogens is 1. The van der Waals surface area contributed by atoms with E-state index in [4.69, 9.17) is 5.84 Å². The summed E-state index contributed by atoms with van der Waals surface area (Å²) in [6.07, 6.45) is 2.87. The first-order valence-electron chi connectivity index (χ1n) is 6.10. The van der Waals surface area contributed by atoms with Gasteiger partial charge in [-0.3, -0.25) is 10.3 Å². The zero-order valence-corrected chi connectivity index (χ0v) is 12.3. The van der Waals surface area contributed by atoms with E-state index in [-0.39, 0.29) is 0 Å². The summed E-state index contributed by atoms with van der Waals surface area (Å²) in [5.41, 5.74) is 2.49. The molecule has 7 heteroatoms. The average molecular weight is 315 g/mol. The van der Waals surface area contributed by atoms with Gasteiger partial charge in [0, 0.05) is 31.9 Å². The predicted molar refractivity (Wildman–Crippen MR) is 76.5 cm³/mol. The Morgan fingerprint density at radius 1 is 1.56 bits per heavy atom. The van der Waals surface area contributed by atoms with Crippen molar-refractivity contribution < 1.29 is 0 Å². The molecular formula is C11H19BrN6. The number of piperazine rings is 1. The molecule has 1 aromatic rings. The van der Waals surface area contributed by atoms with E-state index in [0.717, 1.165) is 36.3 Å². The molecule has 1 aliphatic heterocycles. The van der Waals surface area contributed by atoms with Gasteiger partial charge in [-0.15, -0.1) is 0 Å². The van der Waals surface area contributed by atoms with Gasteiger partial charge in [-0.2, -0.15) is 4.98 Å². The highest BCUT2D eigenvalue weighted by molar-refractivity contribution is 9.10. The van der Waals surface area contributed by atoms with Crippen LogP contribution < -0.4 is 16.2 Å². The largest absolute Gasteiger partial charge is 0.353 e. The molecule has 1 aliphatic rings. The van der Waals surface area contributed by atoms with Gasteiger partial charge in [-0.25, -0.2) is 10.8 Å². The second-order valence-corrected chi connectivity index (χ2v) is 5.35. The van der Waals surface area contributed by atoms with E-state index in [1.54, 1.807) is 6.20 Å². The summed E-state index contributed by atoms with van der Waals surface area (Å²) < 4.78 is 0.904. The Kier molecular flexibility index (Phi) is 4.36. The number of hydrogen-bond donors (Lipinski definition) is 2. The zero-order valence-electron chi connectivity index (χ0n) is 10.7. The van der Waals surface area contributed by atoms with E-state index in [9.17, 15) is 0 Å². The molecule has 1 fully saturated rings. The minimum Gasteiger partial charge on any atom is -0.353 e. The van der Waals surface area contributed by atoms with Crippen molar-refractivity contribution in [2.75, 3.05) is 37.0 Å². The van der Waals surface area contributed by atoms with Gasteiger partial charge in [-0.05, 0) is 29.4 Å². The predicted octanol–water partition coefficient (Wildman–Crippen LogP) is 1.06. The lowest BCUT2D eigenvalue weighted by atomic mass is 10.1. The van der Waals surface area contributed by atoms with Gasteiger partial charge in [0.25, 0.3) is 0 Å². The highest BCUT2D eigenvalue weighted by Crippen LogP contribution is 2.26. The minimum absolute atomic E-state index is 0.445. The Hall–Kier alpha value is -0.920. The molecule has 1 unspecified atom stereocenters. The SMILES string of the molecule is CCC1CN(c2nc(NN)ncc2Br)CCN1C. The van der Waals surface area contributed by atoms with Crippen LogP contribution in [0, 0.1) is 0 Å². The van der Waals surface area contributed by atoms with Crippen LogP contribution in [0.3, 0.4) is 0 Å². The maximum atomic E-state index is 5.36. The molecule has 18 heavy (non-hydrogen) atoms. The number of aromatic nitrogens is 2. The maximum absolute atomic E-state index is 5.36. The summed E-state index contributed by atoms with van der Waals surface area (Å²) in [5, 5.41) is 0. The van der Waals surface area contributed by atoms with E-state index < -0.39 is 0 Å². The molecule has 1 atom stereocenters. The first-order chi connectivity index (χ1) is 8.65. The Bertz CT molecular complexity index is 413. The van der Waals surface area contributed by atoms with E-state index in [1.165, 1.54) is 0 Å². The molecule has 0 radical (unpaired) electrons. The Balaban J connectivity index is 2.20. The molecule has 1 saturated heterocycles. The van der Waals surface area contributed by atoms with Crippen LogP contribution in [0.25, 0.3) is 0 Å². The Labute approximate surface area is 116 Å². The van der Waals surface area contributed by atoms with Crippen LogP contribution in [0.5, 0.6) is 0 Å². The van der Waals surface area contributed by atoms with Crippen LogP contribution in [0.15, 0.2) is 10.7 Å². The van der Waals surface area contributed by atoms with Crippen molar-refractivity contribution in [1.82, 2.24) is 14.9 Å². The number of anilines is 2. The van der Waals surface area contributed by atoms with Gasteiger partial charge in [0.05, 0.1) is 4.47 Å². The van der Waals surface area contributed by atoms with Crippen molar-refractivity contribution in [2.24, 2.45) is 5.84 Å². The third-order valence-corrected chi connectivity index (χ3v) is 3.96. The first kappa shape index (κ1) is 13.5. The molecule has 0 spiro atoms. The van der Waals surface area contributed by atoms with Crippen LogP contribution in [0.4, 0.5) is 11.8 Å². The van der Waals surface area contributed by atoms with Crippen LogP contribution in [-0.4, -0.2) is 47.6 Å². The lowest BCUT2D eigenvalue weighted by Gasteiger charge is -2.40. The number of likely N-dealkylation sites (N-methyl/N-ethyl adjacent to an activating group) is 1. The molecule has 2 rings (SSSR count). The lowest BCUT2D eigenvalue weighted by Crippen LogP contribution is -2.51. The number of nitrogens with two attached hydrogens (primary N) is 1. The second kappa shape index (κ2) is 5.81. The van der Waals surface area contributed by atoms with E-state index in [2.05, 4.69) is 55.1 Å². The molecule has 0 amide bonds. The fourth-order valence-corrected chi connectivity index (χ4v) is 2.67. The standard InChI is InChI=1S/C11H19BrN6/c1-3-8-7-18(5-4-17(8)2)10-9(12)6-14-11(15-10)16-13/h6,8H,3-5,7,13H2,1-2H3,(H,14,15,16). The number of rotatable bonds is 3. The Morgan fingerprint density at radius 3 is 3.00 bits per heavy atom. The highest BCUT2D eigenvalue weighted by atomic mass is 79.9. The molecule has 100 valence electrons. The molecule has 3 N–H and O–H groups in total. The van der Waals surface area contributed by atoms with Gasteiger partial charge in [0.15, 0.2) is 0 Å². The van der Waals surface area contributed by atoms with Crippen molar-refractivity contribution in [3.63, 3.8) is 0 Å². The van der Waals surface area contributed by atoms with Crippen molar-refractivity contribution in [3.8, 4) is 0 Å². The molecule has 6 nitrogen and oxygen atoms in total. The lowest BCUT2D eigenvalue weighted by molar-refractivity contribution is 0.213. The molecule has 0 bridgehead atoms. The fourth-order valence-electron chi connectivity index (χ4n) is 2.23. The van der Waals surface area contributed by atoms with Crippen molar-refractivity contribution in [3.05, 3.63) is 10.7 Å². The van der Waals surface area contributed by atoms with E-state index >= 15 is 0 Å². The summed E-state index contributed by atoms with van der Waals surface area (Å²) in [5.74, 6) is 6.71. The average Bonchev–Trinajstić information content (AvgIpc) is 2.40. The highest BCUT2D eigenvalue weighted by Gasteiger charge is 2.25. The Morgan fingerprint density at radius 2 is 2.33 bits per heavy atom. The molecular weight excluding hydrogens is 296 g/mol. The fraction of sp³-hybridized carbons (Fsp3) is 0.636. The van der Waals surface area contributed by atoms with Crippen LogP contribution in [-0.2, 0) is 0 Å². The van der Waals surface area contributed by atoms with Crippen molar-refractivity contribution in [1.29, 1.82) is 0 Å². The monoisotopic (exact) mass is 314 g/mol. The number of nitrogens with one attached hydrogen (secondary N) is 1. The van der Waals surface area contributed by atoms with Crippen LogP contribution >= 0.6 is 15.9 Å². The number of nitrogen functional groups attached to an aromatic ring is 1. The summed E-state index contributed by atoms with van der Waals surface area (Å²) >= 11 is 3.50. The molecule has 0 aliphatic carbocycles. The topological polar surface area (TPSA) is 70.3 Å². The molecule has 2 heterocycles. The smallest absolute Gasteiger partial charge is 0.239 e. The van der Waals surface area contributed by atoms with Gasteiger partial charge in [0.1, 0.15) is 5.82 Å². The second-order valence-electron chi connectivity index (χ2n) is 4.50. The van der Waals surface area contributed by atoms with Gasteiger partial charge in [-0.1, -0.05) is 6.92 Å². The summed E-state index contributed by atoms with van der Waals surface area (Å²) in [4.78, 5) is 13.2.